The third-order valence-electron chi connectivity index (χ3n) is 3.17. The maximum Gasteiger partial charge on any atom is 0.340 e. The third-order valence-corrected chi connectivity index (χ3v) is 3.17. The fraction of sp³-hybridized carbons (Fsp3) is 0. The van der Waals surface area contributed by atoms with E-state index in [1.165, 1.54) is 24.3 Å². The van der Waals surface area contributed by atoms with Crippen molar-refractivity contribution in [2.45, 2.75) is 0 Å². The number of hydrogen-bond donors (Lipinski definition) is 1. The van der Waals surface area contributed by atoms with Gasteiger partial charge in [-0.1, -0.05) is 30.3 Å². The van der Waals surface area contributed by atoms with Gasteiger partial charge in [-0.25, -0.2) is 13.6 Å². The number of benzene rings is 2. The van der Waals surface area contributed by atoms with Gasteiger partial charge in [0, 0.05) is 5.39 Å². The number of amides is 1. The molecule has 1 heterocycles. The topological polar surface area (TPSA) is 60.9 Å². The van der Waals surface area contributed by atoms with Gasteiger partial charge in [-0.15, -0.1) is 0 Å². The van der Waals surface area contributed by atoms with E-state index in [0.29, 0.717) is 16.6 Å². The summed E-state index contributed by atoms with van der Waals surface area (Å²) < 4.78 is 27.9. The van der Waals surface area contributed by atoms with Crippen molar-refractivity contribution in [2.75, 3.05) is 0 Å². The van der Waals surface area contributed by atoms with E-state index in [9.17, 15) is 13.6 Å². The number of aromatic nitrogens is 2. The highest BCUT2D eigenvalue weighted by atomic mass is 19.1. The van der Waals surface area contributed by atoms with Crippen LogP contribution in [0.4, 0.5) is 13.6 Å². The van der Waals surface area contributed by atoms with Crippen LogP contribution in [0, 0.1) is 11.6 Å². The van der Waals surface area contributed by atoms with Gasteiger partial charge in [0.1, 0.15) is 17.2 Å². The van der Waals surface area contributed by atoms with Crippen molar-refractivity contribution in [3.05, 3.63) is 65.4 Å². The summed E-state index contributed by atoms with van der Waals surface area (Å²) in [4.78, 5) is 11.4. The lowest BCUT2D eigenvalue weighted by Gasteiger charge is -1.96. The van der Waals surface area contributed by atoms with E-state index in [-0.39, 0.29) is 11.3 Å². The molecule has 0 unspecified atom stereocenters. The second kappa shape index (κ2) is 5.40. The predicted octanol–water partition coefficient (Wildman–Crippen LogP) is 3.41. The van der Waals surface area contributed by atoms with E-state index in [4.69, 9.17) is 5.73 Å². The van der Waals surface area contributed by atoms with Gasteiger partial charge in [-0.05, 0) is 29.8 Å². The number of carbonyl (C=O) groups excluding carboxylic acids is 1. The van der Waals surface area contributed by atoms with Crippen molar-refractivity contribution >= 4 is 29.1 Å². The van der Waals surface area contributed by atoms with Crippen LogP contribution in [-0.2, 0) is 0 Å². The Morgan fingerprint density at radius 3 is 2.64 bits per heavy atom. The Labute approximate surface area is 124 Å². The number of para-hydroxylation sites is 1. The van der Waals surface area contributed by atoms with Crippen LogP contribution >= 0.6 is 0 Å². The molecule has 6 heteroatoms. The van der Waals surface area contributed by atoms with Gasteiger partial charge in [0.15, 0.2) is 0 Å². The first-order chi connectivity index (χ1) is 10.6. The van der Waals surface area contributed by atoms with Crippen molar-refractivity contribution in [1.29, 1.82) is 0 Å². The van der Waals surface area contributed by atoms with Gasteiger partial charge in [0.2, 0.25) is 0 Å². The SMILES string of the molecule is NC(=O)n1nc(/C=C/c2cccc(F)c2)c2cccc(F)c21. The van der Waals surface area contributed by atoms with Gasteiger partial charge in [-0.2, -0.15) is 9.78 Å². The minimum absolute atomic E-state index is 0.0221. The van der Waals surface area contributed by atoms with Gasteiger partial charge in [0.05, 0.1) is 5.69 Å². The Morgan fingerprint density at radius 1 is 1.14 bits per heavy atom. The smallest absolute Gasteiger partial charge is 0.340 e. The summed E-state index contributed by atoms with van der Waals surface area (Å²) in [6, 6.07) is 9.49. The molecule has 0 aliphatic heterocycles. The Bertz CT molecular complexity index is 900. The Balaban J connectivity index is 2.12. The van der Waals surface area contributed by atoms with E-state index in [1.807, 2.05) is 0 Å². The lowest BCUT2D eigenvalue weighted by atomic mass is 10.1. The number of halogens is 2. The number of fused-ring (bicyclic) bond motifs is 1. The number of hydrogen-bond acceptors (Lipinski definition) is 2. The molecule has 0 saturated carbocycles. The monoisotopic (exact) mass is 299 g/mol. The predicted molar refractivity (Wildman–Crippen MR) is 80.0 cm³/mol. The first-order valence-electron chi connectivity index (χ1n) is 6.47. The summed E-state index contributed by atoms with van der Waals surface area (Å²) in [6.07, 6.45) is 3.21. The quantitative estimate of drug-likeness (QED) is 0.788. The second-order valence-corrected chi connectivity index (χ2v) is 4.66. The number of nitrogens with two attached hydrogens (primary N) is 1. The molecule has 2 N–H and O–H groups in total. The second-order valence-electron chi connectivity index (χ2n) is 4.66. The summed E-state index contributed by atoms with van der Waals surface area (Å²) >= 11 is 0. The Kier molecular flexibility index (Phi) is 3.42. The van der Waals surface area contributed by atoms with Gasteiger partial charge in [0.25, 0.3) is 0 Å². The number of carbonyl (C=O) groups is 1. The Morgan fingerprint density at radius 2 is 1.91 bits per heavy atom. The molecule has 1 amide bonds. The first kappa shape index (κ1) is 13.9. The largest absolute Gasteiger partial charge is 0.350 e. The highest BCUT2D eigenvalue weighted by Crippen LogP contribution is 2.23. The molecular formula is C16H11F2N3O. The summed E-state index contributed by atoms with van der Waals surface area (Å²) in [7, 11) is 0. The van der Waals surface area contributed by atoms with Crippen LogP contribution in [0.1, 0.15) is 11.3 Å². The molecule has 1 aromatic heterocycles. The minimum atomic E-state index is -0.875. The molecule has 2 aromatic carbocycles. The van der Waals surface area contributed by atoms with Crippen molar-refractivity contribution in [3.8, 4) is 0 Å². The molecule has 0 saturated heterocycles. The Hall–Kier alpha value is -3.02. The fourth-order valence-electron chi connectivity index (χ4n) is 2.22. The molecule has 0 aliphatic rings. The minimum Gasteiger partial charge on any atom is -0.350 e. The van der Waals surface area contributed by atoms with Crippen LogP contribution < -0.4 is 5.73 Å². The summed E-state index contributed by atoms with van der Waals surface area (Å²) in [6.45, 7) is 0. The number of nitrogens with zero attached hydrogens (tertiary/aromatic N) is 2. The zero-order chi connectivity index (χ0) is 15.7. The van der Waals surface area contributed by atoms with Crippen molar-refractivity contribution in [2.24, 2.45) is 5.73 Å². The van der Waals surface area contributed by atoms with E-state index in [0.717, 1.165) is 4.68 Å². The molecule has 0 aliphatic carbocycles. The number of rotatable bonds is 2. The summed E-state index contributed by atoms with van der Waals surface area (Å²) in [5, 5.41) is 4.46. The molecular weight excluding hydrogens is 288 g/mol. The lowest BCUT2D eigenvalue weighted by molar-refractivity contribution is 0.248. The lowest BCUT2D eigenvalue weighted by Crippen LogP contribution is -2.21. The molecule has 3 aromatic rings. The first-order valence-corrected chi connectivity index (χ1v) is 6.47. The van der Waals surface area contributed by atoms with E-state index in [1.54, 1.807) is 30.4 Å². The van der Waals surface area contributed by atoms with Crippen LogP contribution in [0.15, 0.2) is 42.5 Å². The highest BCUT2D eigenvalue weighted by Gasteiger charge is 2.15. The molecule has 4 nitrogen and oxygen atoms in total. The highest BCUT2D eigenvalue weighted by molar-refractivity contribution is 5.95. The molecule has 0 radical (unpaired) electrons. The summed E-state index contributed by atoms with van der Waals surface area (Å²) in [5.74, 6) is -0.949. The maximum absolute atomic E-state index is 13.9. The molecule has 22 heavy (non-hydrogen) atoms. The average molecular weight is 299 g/mol. The fourth-order valence-corrected chi connectivity index (χ4v) is 2.22. The van der Waals surface area contributed by atoms with E-state index >= 15 is 0 Å². The molecule has 3 rings (SSSR count). The van der Waals surface area contributed by atoms with Crippen LogP contribution in [-0.4, -0.2) is 15.8 Å². The van der Waals surface area contributed by atoms with Crippen LogP contribution in [0.2, 0.25) is 0 Å². The van der Waals surface area contributed by atoms with Crippen LogP contribution in [0.5, 0.6) is 0 Å². The standard InChI is InChI=1S/C16H11F2N3O/c17-11-4-1-3-10(9-11)7-8-14-12-5-2-6-13(18)15(12)21(20-14)16(19)22/h1-9H,(H2,19,22)/b8-7+. The molecule has 0 bridgehead atoms. The van der Waals surface area contributed by atoms with Crippen LogP contribution in [0.25, 0.3) is 23.1 Å². The third kappa shape index (κ3) is 2.46. The normalized spacial score (nSPS) is 11.4. The van der Waals surface area contributed by atoms with Crippen molar-refractivity contribution in [1.82, 2.24) is 9.78 Å². The van der Waals surface area contributed by atoms with E-state index < -0.39 is 11.8 Å². The summed E-state index contributed by atoms with van der Waals surface area (Å²) in [5.41, 5.74) is 6.23. The van der Waals surface area contributed by atoms with Gasteiger partial charge < -0.3 is 5.73 Å². The molecule has 110 valence electrons. The van der Waals surface area contributed by atoms with Gasteiger partial charge in [-0.3, -0.25) is 0 Å². The number of primary amides is 1. The molecule has 0 fully saturated rings. The van der Waals surface area contributed by atoms with Crippen LogP contribution in [0.3, 0.4) is 0 Å². The zero-order valence-corrected chi connectivity index (χ0v) is 11.3. The van der Waals surface area contributed by atoms with Gasteiger partial charge >= 0.3 is 6.03 Å². The molecule has 0 atom stereocenters. The van der Waals surface area contributed by atoms with Crippen molar-refractivity contribution < 1.29 is 13.6 Å². The molecule has 0 spiro atoms. The maximum atomic E-state index is 13.9. The van der Waals surface area contributed by atoms with Crippen molar-refractivity contribution in [3.63, 3.8) is 0 Å². The average Bonchev–Trinajstić information content (AvgIpc) is 2.86. The zero-order valence-electron chi connectivity index (χ0n) is 11.3. The van der Waals surface area contributed by atoms with E-state index in [2.05, 4.69) is 5.10 Å².